The maximum Gasteiger partial charge on any atom is 0.145 e. The minimum atomic E-state index is 0.229. The van der Waals surface area contributed by atoms with Gasteiger partial charge in [-0.2, -0.15) is 0 Å². The van der Waals surface area contributed by atoms with Gasteiger partial charge in [0, 0.05) is 40.8 Å². The van der Waals surface area contributed by atoms with E-state index in [-0.39, 0.29) is 6.54 Å². The number of hydroxylamine groups is 2. The van der Waals surface area contributed by atoms with E-state index in [2.05, 4.69) is 82.4 Å². The lowest BCUT2D eigenvalue weighted by atomic mass is 10.0. The molecule has 0 saturated carbocycles. The number of halogens is 1. The Labute approximate surface area is 253 Å². The zero-order chi connectivity index (χ0) is 29.5. The van der Waals surface area contributed by atoms with E-state index in [1.54, 1.807) is 13.1 Å². The molecule has 4 aromatic carbocycles. The molecule has 0 atom stereocenters. The van der Waals surface area contributed by atoms with Gasteiger partial charge in [-0.05, 0) is 81.4 Å². The molecule has 0 bridgehead atoms. The second kappa shape index (κ2) is 13.8. The van der Waals surface area contributed by atoms with E-state index in [0.717, 1.165) is 42.1 Å². The molecule has 0 radical (unpaired) electrons. The number of fused-ring (bicyclic) bond motifs is 3. The van der Waals surface area contributed by atoms with Crippen LogP contribution in [-0.4, -0.2) is 61.8 Å². The van der Waals surface area contributed by atoms with Crippen LogP contribution in [0.5, 0.6) is 0 Å². The Morgan fingerprint density at radius 1 is 0.857 bits per heavy atom. The molecular formula is C35H38ClN5O. The van der Waals surface area contributed by atoms with Gasteiger partial charge in [0.05, 0.1) is 11.1 Å². The zero-order valence-corrected chi connectivity index (χ0v) is 25.3. The molecular weight excluding hydrogens is 542 g/mol. The Morgan fingerprint density at radius 3 is 2.10 bits per heavy atom. The minimum Gasteiger partial charge on any atom is -0.341 e. The third kappa shape index (κ3) is 6.90. The first-order valence-corrected chi connectivity index (χ1v) is 14.8. The fourth-order valence-corrected chi connectivity index (χ4v) is 5.67. The summed E-state index contributed by atoms with van der Waals surface area (Å²) >= 11 is 6.12. The van der Waals surface area contributed by atoms with E-state index in [9.17, 15) is 5.21 Å². The first-order chi connectivity index (χ1) is 20.4. The van der Waals surface area contributed by atoms with Gasteiger partial charge in [-0.3, -0.25) is 10.2 Å². The van der Waals surface area contributed by atoms with Gasteiger partial charge in [0.2, 0.25) is 0 Å². The summed E-state index contributed by atoms with van der Waals surface area (Å²) in [7, 11) is 5.95. The summed E-state index contributed by atoms with van der Waals surface area (Å²) < 4.78 is 0. The second-order valence-corrected chi connectivity index (χ2v) is 11.2. The highest BCUT2D eigenvalue weighted by Gasteiger charge is 2.20. The van der Waals surface area contributed by atoms with Crippen molar-refractivity contribution in [3.8, 4) is 0 Å². The molecule has 0 amide bonds. The molecule has 0 fully saturated rings. The van der Waals surface area contributed by atoms with Crippen molar-refractivity contribution in [3.05, 3.63) is 129 Å². The van der Waals surface area contributed by atoms with Gasteiger partial charge in [0.1, 0.15) is 12.4 Å². The second-order valence-electron chi connectivity index (χ2n) is 10.8. The van der Waals surface area contributed by atoms with Crippen LogP contribution in [0.4, 0.5) is 11.4 Å². The summed E-state index contributed by atoms with van der Waals surface area (Å²) in [6.07, 6.45) is 3.45. The van der Waals surface area contributed by atoms with E-state index in [0.29, 0.717) is 16.6 Å². The molecule has 0 spiro atoms. The Balaban J connectivity index is 0.000000168. The SMILES string of the molecule is CN(C)CCCN1c2ccccc2CCc2ccccc21.CN=C1CN(O)C(c2ccccc2)=c2cc(Cl)ccc2=N1. The minimum absolute atomic E-state index is 0.229. The maximum absolute atomic E-state index is 10.5. The highest BCUT2D eigenvalue weighted by molar-refractivity contribution is 6.30. The number of aliphatic imine (C=N–C) groups is 1. The van der Waals surface area contributed by atoms with Crippen LogP contribution in [0.3, 0.4) is 0 Å². The molecule has 2 aliphatic heterocycles. The van der Waals surface area contributed by atoms with Crippen LogP contribution in [-0.2, 0) is 12.8 Å². The van der Waals surface area contributed by atoms with Gasteiger partial charge in [-0.15, -0.1) is 0 Å². The molecule has 42 heavy (non-hydrogen) atoms. The summed E-state index contributed by atoms with van der Waals surface area (Å²) in [6, 6.07) is 32.8. The van der Waals surface area contributed by atoms with Crippen LogP contribution >= 0.6 is 11.6 Å². The Hall–Kier alpha value is -3.97. The summed E-state index contributed by atoms with van der Waals surface area (Å²) in [5.41, 5.74) is 7.30. The van der Waals surface area contributed by atoms with Gasteiger partial charge in [-0.25, -0.2) is 10.1 Å². The first kappa shape index (κ1) is 29.5. The van der Waals surface area contributed by atoms with E-state index in [1.165, 1.54) is 34.0 Å². The average Bonchev–Trinajstić information content (AvgIpc) is 3.25. The number of hydrogen-bond acceptors (Lipinski definition) is 5. The smallest absolute Gasteiger partial charge is 0.145 e. The molecule has 4 aromatic rings. The highest BCUT2D eigenvalue weighted by Crippen LogP contribution is 2.35. The fourth-order valence-electron chi connectivity index (χ4n) is 5.50. The lowest BCUT2D eigenvalue weighted by Gasteiger charge is -2.27. The van der Waals surface area contributed by atoms with E-state index < -0.39 is 0 Å². The van der Waals surface area contributed by atoms with Crippen LogP contribution < -0.4 is 15.5 Å². The number of rotatable bonds is 5. The quantitative estimate of drug-likeness (QED) is 0.328. The van der Waals surface area contributed by atoms with Crippen molar-refractivity contribution in [1.29, 1.82) is 0 Å². The molecule has 0 saturated heterocycles. The third-order valence-electron chi connectivity index (χ3n) is 7.53. The molecule has 0 aliphatic carbocycles. The van der Waals surface area contributed by atoms with Crippen LogP contribution in [0.25, 0.3) is 5.70 Å². The van der Waals surface area contributed by atoms with E-state index in [4.69, 9.17) is 11.6 Å². The van der Waals surface area contributed by atoms with E-state index in [1.807, 2.05) is 42.5 Å². The van der Waals surface area contributed by atoms with E-state index >= 15 is 0 Å². The number of anilines is 2. The standard InChI is InChI=1S/C19H24N2.C16H14ClN3O/c1-20(2)14-7-15-21-18-10-5-3-8-16(18)12-13-17-9-4-6-11-19(17)21;1-18-15-10-20(21)16(11-5-3-2-4-6-11)13-9-12(17)7-8-14(13)19-15/h3-6,8-11H,7,12-15H2,1-2H3;2-9,21H,10H2,1H3. The van der Waals surface area contributed by atoms with Gasteiger partial charge < -0.3 is 9.80 Å². The maximum atomic E-state index is 10.5. The van der Waals surface area contributed by atoms with Crippen LogP contribution in [0.1, 0.15) is 23.1 Å². The molecule has 6 nitrogen and oxygen atoms in total. The number of nitrogens with zero attached hydrogens (tertiary/aromatic N) is 5. The Kier molecular flexibility index (Phi) is 9.70. The fraction of sp³-hybridized carbons (Fsp3) is 0.257. The van der Waals surface area contributed by atoms with Crippen LogP contribution in [0, 0.1) is 0 Å². The third-order valence-corrected chi connectivity index (χ3v) is 7.77. The van der Waals surface area contributed by atoms with Gasteiger partial charge >= 0.3 is 0 Å². The van der Waals surface area contributed by atoms with Crippen molar-refractivity contribution in [2.24, 2.45) is 9.98 Å². The predicted octanol–water partition coefficient (Wildman–Crippen LogP) is 5.72. The number of benzene rings is 4. The van der Waals surface area contributed by atoms with Crippen molar-refractivity contribution >= 4 is 34.5 Å². The number of hydrogen-bond donors (Lipinski definition) is 1. The van der Waals surface area contributed by atoms with Crippen molar-refractivity contribution in [3.63, 3.8) is 0 Å². The predicted molar refractivity (Wildman–Crippen MR) is 174 cm³/mol. The van der Waals surface area contributed by atoms with Crippen molar-refractivity contribution < 1.29 is 5.21 Å². The molecule has 7 heteroatoms. The summed E-state index contributed by atoms with van der Waals surface area (Å²) in [4.78, 5) is 13.4. The molecule has 216 valence electrons. The molecule has 6 rings (SSSR count). The average molecular weight is 580 g/mol. The zero-order valence-electron chi connectivity index (χ0n) is 24.5. The van der Waals surface area contributed by atoms with Crippen LogP contribution in [0.15, 0.2) is 107 Å². The Morgan fingerprint density at radius 2 is 1.48 bits per heavy atom. The van der Waals surface area contributed by atoms with Crippen molar-refractivity contribution in [2.75, 3.05) is 45.7 Å². The number of amidine groups is 1. The monoisotopic (exact) mass is 579 g/mol. The molecule has 0 unspecified atom stereocenters. The highest BCUT2D eigenvalue weighted by atomic mass is 35.5. The van der Waals surface area contributed by atoms with Gasteiger partial charge in [-0.1, -0.05) is 78.3 Å². The molecule has 2 heterocycles. The Bertz CT molecular complexity index is 1620. The lowest BCUT2D eigenvalue weighted by molar-refractivity contribution is -0.0119. The molecule has 2 aliphatic rings. The summed E-state index contributed by atoms with van der Waals surface area (Å²) in [5.74, 6) is 0.562. The lowest BCUT2D eigenvalue weighted by Crippen LogP contribution is -2.31. The number of para-hydroxylation sites is 2. The largest absolute Gasteiger partial charge is 0.341 e. The first-order valence-electron chi connectivity index (χ1n) is 14.4. The molecule has 1 N–H and O–H groups in total. The van der Waals surface area contributed by atoms with Gasteiger partial charge in [0.15, 0.2) is 0 Å². The normalized spacial score (nSPS) is 15.1. The van der Waals surface area contributed by atoms with Crippen molar-refractivity contribution in [2.45, 2.75) is 19.3 Å². The molecule has 0 aromatic heterocycles. The van der Waals surface area contributed by atoms with Gasteiger partial charge in [0.25, 0.3) is 0 Å². The summed E-state index contributed by atoms with van der Waals surface area (Å²) in [6.45, 7) is 2.43. The topological polar surface area (TPSA) is 54.7 Å². The number of aryl methyl sites for hydroxylation is 2. The van der Waals surface area contributed by atoms with Crippen molar-refractivity contribution in [1.82, 2.24) is 9.96 Å². The summed E-state index contributed by atoms with van der Waals surface area (Å²) in [5, 5.41) is 13.8. The van der Waals surface area contributed by atoms with Crippen LogP contribution in [0.2, 0.25) is 5.02 Å².